The minimum absolute atomic E-state index is 0.0477. The fourth-order valence-electron chi connectivity index (χ4n) is 1.90. The first-order chi connectivity index (χ1) is 6.62. The molecule has 0 radical (unpaired) electrons. The van der Waals surface area contributed by atoms with Crippen LogP contribution in [-0.2, 0) is 4.74 Å². The van der Waals surface area contributed by atoms with Crippen molar-refractivity contribution in [3.63, 3.8) is 0 Å². The van der Waals surface area contributed by atoms with Crippen LogP contribution in [0.25, 0.3) is 0 Å². The first kappa shape index (κ1) is 15.0. The van der Waals surface area contributed by atoms with Crippen LogP contribution < -0.4 is 0 Å². The van der Waals surface area contributed by atoms with Crippen LogP contribution in [-0.4, -0.2) is 11.7 Å². The molecule has 0 amide bonds. The van der Waals surface area contributed by atoms with E-state index in [0.29, 0.717) is 11.5 Å². The summed E-state index contributed by atoms with van der Waals surface area (Å²) in [6, 6.07) is 0. The highest BCUT2D eigenvalue weighted by atomic mass is 16.5. The number of rotatable bonds is 6. The molecule has 92 valence electrons. The zero-order valence-electron chi connectivity index (χ0n) is 11.8. The van der Waals surface area contributed by atoms with Gasteiger partial charge in [-0.15, -0.1) is 0 Å². The molecule has 0 aromatic carbocycles. The lowest BCUT2D eigenvalue weighted by molar-refractivity contribution is -0.0617. The Hall–Kier alpha value is -0.0400. The van der Waals surface area contributed by atoms with Crippen LogP contribution in [0.3, 0.4) is 0 Å². The Bertz CT molecular complexity index is 163. The molecule has 0 aliphatic rings. The first-order valence-corrected chi connectivity index (χ1v) is 6.30. The zero-order valence-corrected chi connectivity index (χ0v) is 11.8. The van der Waals surface area contributed by atoms with Crippen molar-refractivity contribution in [2.75, 3.05) is 0 Å². The van der Waals surface area contributed by atoms with E-state index in [-0.39, 0.29) is 5.60 Å². The number of unbranched alkanes of at least 4 members (excludes halogenated alkanes) is 1. The van der Waals surface area contributed by atoms with Crippen molar-refractivity contribution in [3.05, 3.63) is 0 Å². The summed E-state index contributed by atoms with van der Waals surface area (Å²) in [5, 5.41) is 0. The first-order valence-electron chi connectivity index (χ1n) is 6.30. The van der Waals surface area contributed by atoms with Crippen LogP contribution in [0.15, 0.2) is 0 Å². The van der Waals surface area contributed by atoms with Gasteiger partial charge in [0.25, 0.3) is 0 Å². The minimum Gasteiger partial charge on any atom is -0.373 e. The van der Waals surface area contributed by atoms with E-state index in [1.165, 1.54) is 25.7 Å². The summed E-state index contributed by atoms with van der Waals surface area (Å²) in [4.78, 5) is 0. The molecule has 0 aliphatic carbocycles. The minimum atomic E-state index is 0.0477. The highest BCUT2D eigenvalue weighted by molar-refractivity contribution is 4.70. The lowest BCUT2D eigenvalue weighted by atomic mass is 9.88. The monoisotopic (exact) mass is 214 g/mol. The number of hydrogen-bond acceptors (Lipinski definition) is 1. The van der Waals surface area contributed by atoms with Crippen molar-refractivity contribution in [2.24, 2.45) is 5.41 Å². The number of hydrogen-bond donors (Lipinski definition) is 0. The van der Waals surface area contributed by atoms with Gasteiger partial charge in [-0.1, -0.05) is 33.6 Å². The molecule has 0 aliphatic heterocycles. The van der Waals surface area contributed by atoms with Gasteiger partial charge in [0.2, 0.25) is 0 Å². The summed E-state index contributed by atoms with van der Waals surface area (Å²) in [6.45, 7) is 15.5. The second-order valence-electron chi connectivity index (χ2n) is 6.69. The van der Waals surface area contributed by atoms with E-state index >= 15 is 0 Å². The van der Waals surface area contributed by atoms with E-state index in [1.807, 2.05) is 0 Å². The van der Waals surface area contributed by atoms with Gasteiger partial charge in [-0.2, -0.15) is 0 Å². The van der Waals surface area contributed by atoms with Crippen molar-refractivity contribution in [3.8, 4) is 0 Å². The van der Waals surface area contributed by atoms with E-state index < -0.39 is 0 Å². The van der Waals surface area contributed by atoms with Gasteiger partial charge < -0.3 is 4.74 Å². The van der Waals surface area contributed by atoms with Crippen molar-refractivity contribution in [2.45, 2.75) is 85.9 Å². The van der Waals surface area contributed by atoms with Gasteiger partial charge in [-0.25, -0.2) is 0 Å². The largest absolute Gasteiger partial charge is 0.373 e. The topological polar surface area (TPSA) is 9.23 Å². The van der Waals surface area contributed by atoms with Crippen LogP contribution in [0, 0.1) is 5.41 Å². The Morgan fingerprint density at radius 3 is 1.73 bits per heavy atom. The molecule has 15 heavy (non-hydrogen) atoms. The van der Waals surface area contributed by atoms with Crippen molar-refractivity contribution in [1.82, 2.24) is 0 Å². The molecule has 0 rings (SSSR count). The van der Waals surface area contributed by atoms with Crippen LogP contribution in [0.5, 0.6) is 0 Å². The third kappa shape index (κ3) is 10.2. The molecule has 0 atom stereocenters. The fourth-order valence-corrected chi connectivity index (χ4v) is 1.90. The average molecular weight is 214 g/mol. The fraction of sp³-hybridized carbons (Fsp3) is 1.00. The molecule has 0 unspecified atom stereocenters. The predicted molar refractivity (Wildman–Crippen MR) is 68.2 cm³/mol. The van der Waals surface area contributed by atoms with Gasteiger partial charge in [0.05, 0.1) is 11.7 Å². The lowest BCUT2D eigenvalue weighted by Crippen LogP contribution is -2.27. The highest BCUT2D eigenvalue weighted by Crippen LogP contribution is 2.25. The summed E-state index contributed by atoms with van der Waals surface area (Å²) < 4.78 is 5.87. The van der Waals surface area contributed by atoms with E-state index in [9.17, 15) is 0 Å². The smallest absolute Gasteiger partial charge is 0.0630 e. The SMILES string of the molecule is CC(C)OC(C)(C)CCCCC(C)(C)C. The maximum Gasteiger partial charge on any atom is 0.0630 e. The molecule has 0 bridgehead atoms. The van der Waals surface area contributed by atoms with Crippen molar-refractivity contribution >= 4 is 0 Å². The van der Waals surface area contributed by atoms with Gasteiger partial charge in [0, 0.05) is 0 Å². The maximum absolute atomic E-state index is 5.87. The molecule has 0 heterocycles. The van der Waals surface area contributed by atoms with Crippen LogP contribution >= 0.6 is 0 Å². The molecule has 0 fully saturated rings. The van der Waals surface area contributed by atoms with Crippen LogP contribution in [0.1, 0.15) is 74.1 Å². The molecule has 0 saturated heterocycles. The van der Waals surface area contributed by atoms with E-state index in [1.54, 1.807) is 0 Å². The highest BCUT2D eigenvalue weighted by Gasteiger charge is 2.19. The third-order valence-electron chi connectivity index (χ3n) is 2.51. The van der Waals surface area contributed by atoms with Crippen molar-refractivity contribution < 1.29 is 4.74 Å². The van der Waals surface area contributed by atoms with Gasteiger partial charge in [-0.05, 0) is 46.0 Å². The van der Waals surface area contributed by atoms with E-state index in [2.05, 4.69) is 48.5 Å². The van der Waals surface area contributed by atoms with Gasteiger partial charge in [0.15, 0.2) is 0 Å². The Kier molecular flexibility index (Phi) is 5.87. The molecule has 0 saturated carbocycles. The Labute approximate surface area is 96.6 Å². The Balaban J connectivity index is 3.66. The maximum atomic E-state index is 5.87. The Morgan fingerprint density at radius 1 is 0.867 bits per heavy atom. The predicted octanol–water partition coefficient (Wildman–Crippen LogP) is 4.80. The summed E-state index contributed by atoms with van der Waals surface area (Å²) in [5.74, 6) is 0. The molecular weight excluding hydrogens is 184 g/mol. The summed E-state index contributed by atoms with van der Waals surface area (Å²) in [5.41, 5.74) is 0.523. The molecular formula is C14H30O. The third-order valence-corrected chi connectivity index (χ3v) is 2.51. The summed E-state index contributed by atoms with van der Waals surface area (Å²) in [7, 11) is 0. The Morgan fingerprint density at radius 2 is 1.33 bits per heavy atom. The normalized spacial score (nSPS) is 13.6. The standard InChI is InChI=1S/C14H30O/c1-12(2)15-14(6,7)11-9-8-10-13(3,4)5/h12H,8-11H2,1-7H3. The van der Waals surface area contributed by atoms with E-state index in [4.69, 9.17) is 4.74 Å². The van der Waals surface area contributed by atoms with Crippen LogP contribution in [0.4, 0.5) is 0 Å². The summed E-state index contributed by atoms with van der Waals surface area (Å²) >= 11 is 0. The summed E-state index contributed by atoms with van der Waals surface area (Å²) in [6.07, 6.45) is 5.40. The molecule has 0 aromatic rings. The molecule has 1 nitrogen and oxygen atoms in total. The second-order valence-corrected chi connectivity index (χ2v) is 6.69. The zero-order chi connectivity index (χ0) is 12.1. The van der Waals surface area contributed by atoms with Gasteiger partial charge in [0.1, 0.15) is 0 Å². The molecule has 0 spiro atoms. The second kappa shape index (κ2) is 5.89. The number of ether oxygens (including phenoxy) is 1. The average Bonchev–Trinajstić information content (AvgIpc) is 1.93. The van der Waals surface area contributed by atoms with Crippen molar-refractivity contribution in [1.29, 1.82) is 0 Å². The van der Waals surface area contributed by atoms with Gasteiger partial charge in [-0.3, -0.25) is 0 Å². The van der Waals surface area contributed by atoms with E-state index in [0.717, 1.165) is 0 Å². The molecule has 0 N–H and O–H groups in total. The quantitative estimate of drug-likeness (QED) is 0.577. The van der Waals surface area contributed by atoms with Gasteiger partial charge >= 0.3 is 0 Å². The lowest BCUT2D eigenvalue weighted by Gasteiger charge is -2.28. The van der Waals surface area contributed by atoms with Crippen LogP contribution in [0.2, 0.25) is 0 Å². The molecule has 0 aromatic heterocycles. The molecule has 1 heteroatoms.